The van der Waals surface area contributed by atoms with Crippen molar-refractivity contribution in [3.8, 4) is 17.0 Å². The van der Waals surface area contributed by atoms with Gasteiger partial charge in [0.15, 0.2) is 0 Å². The fourth-order valence-electron chi connectivity index (χ4n) is 2.52. The molecule has 1 aromatic heterocycles. The highest BCUT2D eigenvalue weighted by Crippen LogP contribution is 2.28. The molecule has 0 saturated heterocycles. The number of carbonyl (C=O) groups excluding carboxylic acids is 1. The van der Waals surface area contributed by atoms with Crippen molar-refractivity contribution in [1.29, 1.82) is 0 Å². The van der Waals surface area contributed by atoms with Gasteiger partial charge in [-0.05, 0) is 42.0 Å². The van der Waals surface area contributed by atoms with Gasteiger partial charge < -0.3 is 10.1 Å². The third kappa shape index (κ3) is 4.35. The van der Waals surface area contributed by atoms with E-state index in [0.29, 0.717) is 11.3 Å². The van der Waals surface area contributed by atoms with Crippen LogP contribution in [0.5, 0.6) is 5.75 Å². The number of H-pyrrole nitrogens is 1. The van der Waals surface area contributed by atoms with Crippen LogP contribution in [0.4, 0.5) is 4.39 Å². The Kier molecular flexibility index (Phi) is 5.43. The summed E-state index contributed by atoms with van der Waals surface area (Å²) >= 11 is 0. The van der Waals surface area contributed by atoms with Crippen LogP contribution >= 0.6 is 0 Å². The lowest BCUT2D eigenvalue weighted by Gasteiger charge is -2.07. The molecule has 10 heteroatoms. The topological polar surface area (TPSA) is 127 Å². The summed E-state index contributed by atoms with van der Waals surface area (Å²) in [6, 6.07) is 11.6. The molecule has 0 radical (unpaired) electrons. The number of halogens is 1. The van der Waals surface area contributed by atoms with E-state index in [-0.39, 0.29) is 28.7 Å². The number of ether oxygens (including phenoxy) is 1. The summed E-state index contributed by atoms with van der Waals surface area (Å²) in [5.41, 5.74) is 1.73. The van der Waals surface area contributed by atoms with E-state index in [9.17, 15) is 17.6 Å². The first kappa shape index (κ1) is 19.5. The molecule has 28 heavy (non-hydrogen) atoms. The van der Waals surface area contributed by atoms with Crippen molar-refractivity contribution in [2.75, 3.05) is 7.11 Å². The summed E-state index contributed by atoms with van der Waals surface area (Å²) in [5.74, 6) is -0.658. The number of aromatic nitrogens is 2. The van der Waals surface area contributed by atoms with E-state index in [4.69, 9.17) is 9.88 Å². The molecule has 0 spiro atoms. The van der Waals surface area contributed by atoms with Gasteiger partial charge in [0.25, 0.3) is 5.91 Å². The van der Waals surface area contributed by atoms with Crippen LogP contribution in [0, 0.1) is 5.82 Å². The average molecular weight is 404 g/mol. The number of nitrogens with zero attached hydrogens (tertiary/aromatic N) is 1. The molecule has 0 fully saturated rings. The van der Waals surface area contributed by atoms with Crippen LogP contribution in [0.1, 0.15) is 16.1 Å². The van der Waals surface area contributed by atoms with Gasteiger partial charge in [0.2, 0.25) is 10.0 Å². The maximum Gasteiger partial charge on any atom is 0.269 e. The lowest BCUT2D eigenvalue weighted by atomic mass is 10.1. The van der Waals surface area contributed by atoms with Crippen LogP contribution in [-0.2, 0) is 16.6 Å². The molecule has 0 aliphatic heterocycles. The van der Waals surface area contributed by atoms with Crippen molar-refractivity contribution in [3.05, 3.63) is 65.6 Å². The van der Waals surface area contributed by atoms with Crippen molar-refractivity contribution >= 4 is 15.9 Å². The first-order chi connectivity index (χ1) is 13.3. The minimum Gasteiger partial charge on any atom is -0.495 e. The molecule has 0 atom stereocenters. The van der Waals surface area contributed by atoms with Gasteiger partial charge in [0, 0.05) is 12.1 Å². The molecule has 4 N–H and O–H groups in total. The number of methoxy groups -OCH3 is 1. The Balaban J connectivity index is 1.78. The molecule has 3 rings (SSSR count). The van der Waals surface area contributed by atoms with Crippen molar-refractivity contribution in [1.82, 2.24) is 15.5 Å². The predicted molar refractivity (Wildman–Crippen MR) is 99.5 cm³/mol. The van der Waals surface area contributed by atoms with Gasteiger partial charge in [-0.1, -0.05) is 12.1 Å². The molecule has 0 saturated carbocycles. The summed E-state index contributed by atoms with van der Waals surface area (Å²) in [6.07, 6.45) is 0. The third-order valence-electron chi connectivity index (χ3n) is 3.95. The molecule has 0 aliphatic carbocycles. The van der Waals surface area contributed by atoms with Crippen LogP contribution in [0.15, 0.2) is 53.4 Å². The summed E-state index contributed by atoms with van der Waals surface area (Å²) in [7, 11) is -2.66. The molecule has 0 bridgehead atoms. The maximum absolute atomic E-state index is 12.9. The van der Waals surface area contributed by atoms with Gasteiger partial charge in [-0.25, -0.2) is 17.9 Å². The van der Waals surface area contributed by atoms with E-state index in [0.717, 1.165) is 5.56 Å². The Morgan fingerprint density at radius 2 is 1.93 bits per heavy atom. The average Bonchev–Trinajstić information content (AvgIpc) is 3.16. The fourth-order valence-corrected chi connectivity index (χ4v) is 3.25. The van der Waals surface area contributed by atoms with Crippen LogP contribution in [0.25, 0.3) is 11.3 Å². The molecule has 0 unspecified atom stereocenters. The Morgan fingerprint density at radius 1 is 1.21 bits per heavy atom. The van der Waals surface area contributed by atoms with E-state index in [2.05, 4.69) is 15.5 Å². The Morgan fingerprint density at radius 3 is 2.57 bits per heavy atom. The summed E-state index contributed by atoms with van der Waals surface area (Å²) in [4.78, 5) is 12.1. The lowest BCUT2D eigenvalue weighted by Crippen LogP contribution is -2.23. The number of amides is 1. The molecule has 8 nitrogen and oxygen atoms in total. The Bertz CT molecular complexity index is 1110. The highest BCUT2D eigenvalue weighted by Gasteiger charge is 2.18. The SMILES string of the molecule is COc1ccc(-c2cc(C(=O)NCc3ccc(F)cc3)[nH]n2)cc1S(N)(=O)=O. The summed E-state index contributed by atoms with van der Waals surface area (Å²) < 4.78 is 41.4. The van der Waals surface area contributed by atoms with Crippen LogP contribution < -0.4 is 15.2 Å². The van der Waals surface area contributed by atoms with Gasteiger partial charge >= 0.3 is 0 Å². The maximum atomic E-state index is 12.9. The van der Waals surface area contributed by atoms with Crippen LogP contribution in [0.3, 0.4) is 0 Å². The molecule has 1 amide bonds. The molecule has 2 aromatic carbocycles. The zero-order valence-electron chi connectivity index (χ0n) is 14.8. The highest BCUT2D eigenvalue weighted by atomic mass is 32.2. The van der Waals surface area contributed by atoms with Gasteiger partial charge in [0.1, 0.15) is 22.2 Å². The van der Waals surface area contributed by atoms with E-state index in [1.54, 1.807) is 18.2 Å². The fraction of sp³-hybridized carbons (Fsp3) is 0.111. The molecule has 1 heterocycles. The number of hydrogen-bond acceptors (Lipinski definition) is 5. The van der Waals surface area contributed by atoms with E-state index >= 15 is 0 Å². The quantitative estimate of drug-likeness (QED) is 0.577. The number of rotatable bonds is 6. The largest absolute Gasteiger partial charge is 0.495 e. The molecule has 146 valence electrons. The van der Waals surface area contributed by atoms with Crippen molar-refractivity contribution < 1.29 is 22.3 Å². The second-order valence-corrected chi connectivity index (χ2v) is 7.42. The Hall–Kier alpha value is -3.24. The molecule has 3 aromatic rings. The molecule has 0 aliphatic rings. The number of aromatic amines is 1. The Labute approximate surface area is 160 Å². The van der Waals surface area contributed by atoms with E-state index < -0.39 is 15.9 Å². The highest BCUT2D eigenvalue weighted by molar-refractivity contribution is 7.89. The zero-order chi connectivity index (χ0) is 20.3. The molecular formula is C18H17FN4O4S. The molecular weight excluding hydrogens is 387 g/mol. The standard InChI is InChI=1S/C18H17FN4O4S/c1-27-16-7-4-12(8-17(16)28(20,25)26)14-9-15(23-22-14)18(24)21-10-11-2-5-13(19)6-3-11/h2-9H,10H2,1H3,(H,21,24)(H,22,23)(H2,20,25,26). The summed E-state index contributed by atoms with van der Waals surface area (Å²) in [5, 5.41) is 14.5. The number of primary sulfonamides is 1. The first-order valence-corrected chi connectivity index (χ1v) is 9.62. The van der Waals surface area contributed by atoms with Gasteiger partial charge in [0.05, 0.1) is 12.8 Å². The number of hydrogen-bond donors (Lipinski definition) is 3. The lowest BCUT2D eigenvalue weighted by molar-refractivity contribution is 0.0946. The number of carbonyl (C=O) groups is 1. The monoisotopic (exact) mass is 404 g/mol. The van der Waals surface area contributed by atoms with E-state index in [1.807, 2.05) is 0 Å². The number of benzene rings is 2. The van der Waals surface area contributed by atoms with Crippen LogP contribution in [0.2, 0.25) is 0 Å². The number of nitrogens with one attached hydrogen (secondary N) is 2. The van der Waals surface area contributed by atoms with Crippen molar-refractivity contribution in [3.63, 3.8) is 0 Å². The van der Waals surface area contributed by atoms with Crippen molar-refractivity contribution in [2.45, 2.75) is 11.4 Å². The minimum atomic E-state index is -4.00. The zero-order valence-corrected chi connectivity index (χ0v) is 15.6. The third-order valence-corrected chi connectivity index (χ3v) is 4.89. The van der Waals surface area contributed by atoms with Gasteiger partial charge in [-0.2, -0.15) is 5.10 Å². The second-order valence-electron chi connectivity index (χ2n) is 5.89. The van der Waals surface area contributed by atoms with Gasteiger partial charge in [-0.15, -0.1) is 0 Å². The number of sulfonamides is 1. The van der Waals surface area contributed by atoms with Crippen LogP contribution in [-0.4, -0.2) is 31.6 Å². The van der Waals surface area contributed by atoms with Gasteiger partial charge in [-0.3, -0.25) is 9.89 Å². The van der Waals surface area contributed by atoms with E-state index in [1.165, 1.54) is 37.4 Å². The first-order valence-electron chi connectivity index (χ1n) is 8.07. The predicted octanol–water partition coefficient (Wildman–Crippen LogP) is 1.80. The minimum absolute atomic E-state index is 0.110. The smallest absolute Gasteiger partial charge is 0.269 e. The van der Waals surface area contributed by atoms with Crippen molar-refractivity contribution in [2.24, 2.45) is 5.14 Å². The second kappa shape index (κ2) is 7.79. The normalized spacial score (nSPS) is 11.2. The number of nitrogens with two attached hydrogens (primary N) is 1. The summed E-state index contributed by atoms with van der Waals surface area (Å²) in [6.45, 7) is 0.214.